The minimum Gasteiger partial charge on any atom is -0.480 e. The summed E-state index contributed by atoms with van der Waals surface area (Å²) in [4.78, 5) is 36.1. The predicted molar refractivity (Wildman–Crippen MR) is 91.6 cm³/mol. The van der Waals surface area contributed by atoms with Gasteiger partial charge in [0.2, 0.25) is 5.91 Å². The Morgan fingerprint density at radius 1 is 1.30 bits per heavy atom. The van der Waals surface area contributed by atoms with E-state index in [-0.39, 0.29) is 18.9 Å². The summed E-state index contributed by atoms with van der Waals surface area (Å²) >= 11 is 6.36. The van der Waals surface area contributed by atoms with Crippen molar-refractivity contribution in [2.24, 2.45) is 0 Å². The molecule has 1 aliphatic heterocycles. The second-order valence-electron chi connectivity index (χ2n) is 4.66. The largest absolute Gasteiger partial charge is 0.480 e. The van der Waals surface area contributed by atoms with Crippen molar-refractivity contribution in [2.45, 2.75) is 6.42 Å². The number of carbonyl (C=O) groups excluding carboxylic acids is 2. The molecule has 0 atom stereocenters. The first-order valence-electron chi connectivity index (χ1n) is 6.76. The van der Waals surface area contributed by atoms with E-state index in [4.69, 9.17) is 17.3 Å². The van der Waals surface area contributed by atoms with Crippen LogP contribution in [0.4, 0.5) is 0 Å². The molecule has 0 saturated carbocycles. The fraction of sp³-hybridized carbons (Fsp3) is 0.200. The Morgan fingerprint density at radius 2 is 2.00 bits per heavy atom. The van der Waals surface area contributed by atoms with E-state index < -0.39 is 18.4 Å². The molecule has 0 radical (unpaired) electrons. The van der Waals surface area contributed by atoms with Crippen LogP contribution in [-0.4, -0.2) is 45.2 Å². The minimum absolute atomic E-state index is 0.00165. The molecule has 2 rings (SSSR count). The molecule has 23 heavy (non-hydrogen) atoms. The van der Waals surface area contributed by atoms with Crippen LogP contribution in [0.25, 0.3) is 6.08 Å². The quantitative estimate of drug-likeness (QED) is 0.597. The molecule has 1 aliphatic rings. The number of nitrogens with zero attached hydrogens (tertiary/aromatic N) is 1. The summed E-state index contributed by atoms with van der Waals surface area (Å²) in [6.07, 6.45) is 1.75. The molecule has 1 fully saturated rings. The van der Waals surface area contributed by atoms with Crippen LogP contribution in [0.1, 0.15) is 12.0 Å². The number of carboxylic acid groups (broad SMARTS) is 1. The van der Waals surface area contributed by atoms with E-state index in [9.17, 15) is 14.4 Å². The van der Waals surface area contributed by atoms with Crippen LogP contribution < -0.4 is 5.32 Å². The normalized spacial score (nSPS) is 16.0. The maximum absolute atomic E-state index is 12.3. The second kappa shape index (κ2) is 7.89. The Bertz CT molecular complexity index is 673. The number of hydrogen-bond acceptors (Lipinski definition) is 5. The van der Waals surface area contributed by atoms with Crippen molar-refractivity contribution in [1.82, 2.24) is 10.2 Å². The maximum atomic E-state index is 12.3. The van der Waals surface area contributed by atoms with Crippen LogP contribution in [0, 0.1) is 0 Å². The number of thioether (sulfide) groups is 1. The van der Waals surface area contributed by atoms with Crippen molar-refractivity contribution < 1.29 is 19.5 Å². The first-order chi connectivity index (χ1) is 11.0. The van der Waals surface area contributed by atoms with Crippen molar-refractivity contribution in [1.29, 1.82) is 0 Å². The van der Waals surface area contributed by atoms with Crippen LogP contribution in [0.5, 0.6) is 0 Å². The molecule has 6 nitrogen and oxygen atoms in total. The molecule has 0 aliphatic carbocycles. The summed E-state index contributed by atoms with van der Waals surface area (Å²) in [5, 5.41) is 10.7. The SMILES string of the molecule is O=C(O)CNC(=O)CCN1C(=O)C(=Cc2ccccc2)SC1=S. The molecule has 8 heteroatoms. The average Bonchev–Trinajstić information content (AvgIpc) is 2.78. The van der Waals surface area contributed by atoms with E-state index in [1.165, 1.54) is 16.7 Å². The van der Waals surface area contributed by atoms with Gasteiger partial charge in [-0.1, -0.05) is 54.3 Å². The van der Waals surface area contributed by atoms with Gasteiger partial charge in [0.25, 0.3) is 5.91 Å². The topological polar surface area (TPSA) is 86.7 Å². The van der Waals surface area contributed by atoms with Crippen molar-refractivity contribution in [3.63, 3.8) is 0 Å². The third-order valence-electron chi connectivity index (χ3n) is 2.97. The van der Waals surface area contributed by atoms with Gasteiger partial charge in [-0.25, -0.2) is 0 Å². The smallest absolute Gasteiger partial charge is 0.322 e. The zero-order valence-electron chi connectivity index (χ0n) is 12.0. The summed E-state index contributed by atoms with van der Waals surface area (Å²) < 4.78 is 0.392. The Kier molecular flexibility index (Phi) is 5.89. The molecule has 0 bridgehead atoms. The third kappa shape index (κ3) is 4.90. The lowest BCUT2D eigenvalue weighted by Gasteiger charge is -2.13. The van der Waals surface area contributed by atoms with Gasteiger partial charge in [-0.15, -0.1) is 0 Å². The first-order valence-corrected chi connectivity index (χ1v) is 7.99. The fourth-order valence-corrected chi connectivity index (χ4v) is 3.18. The highest BCUT2D eigenvalue weighted by molar-refractivity contribution is 8.26. The van der Waals surface area contributed by atoms with E-state index in [0.717, 1.165) is 5.56 Å². The van der Waals surface area contributed by atoms with E-state index in [0.29, 0.717) is 9.23 Å². The molecule has 2 amide bonds. The highest BCUT2D eigenvalue weighted by Gasteiger charge is 2.31. The molecule has 0 spiro atoms. The Labute approximate surface area is 142 Å². The zero-order chi connectivity index (χ0) is 16.8. The summed E-state index contributed by atoms with van der Waals surface area (Å²) in [6.45, 7) is -0.312. The zero-order valence-corrected chi connectivity index (χ0v) is 13.7. The lowest BCUT2D eigenvalue weighted by Crippen LogP contribution is -2.35. The lowest BCUT2D eigenvalue weighted by molar-refractivity contribution is -0.138. The molecular weight excluding hydrogens is 336 g/mol. The van der Waals surface area contributed by atoms with Crippen molar-refractivity contribution in [3.05, 3.63) is 40.8 Å². The van der Waals surface area contributed by atoms with Crippen LogP contribution in [0.3, 0.4) is 0 Å². The highest BCUT2D eigenvalue weighted by atomic mass is 32.2. The Morgan fingerprint density at radius 3 is 2.65 bits per heavy atom. The number of benzene rings is 1. The van der Waals surface area contributed by atoms with Crippen molar-refractivity contribution in [2.75, 3.05) is 13.1 Å². The standard InChI is InChI=1S/C15H14N2O4S2/c18-12(16-9-13(19)20)6-7-17-14(21)11(23-15(17)22)8-10-4-2-1-3-5-10/h1-5,8H,6-7,9H2,(H,16,18)(H,19,20). The monoisotopic (exact) mass is 350 g/mol. The number of aliphatic carboxylic acids is 1. The Balaban J connectivity index is 1.95. The van der Waals surface area contributed by atoms with Gasteiger partial charge in [-0.2, -0.15) is 0 Å². The number of thiocarbonyl (C=S) groups is 1. The molecule has 0 aromatic heterocycles. The van der Waals surface area contributed by atoms with Crippen LogP contribution in [0.2, 0.25) is 0 Å². The van der Waals surface area contributed by atoms with Gasteiger partial charge >= 0.3 is 5.97 Å². The summed E-state index contributed by atoms with van der Waals surface area (Å²) in [6, 6.07) is 9.40. The fourth-order valence-electron chi connectivity index (χ4n) is 1.87. The van der Waals surface area contributed by atoms with Gasteiger partial charge in [0.05, 0.1) is 4.91 Å². The number of rotatable bonds is 6. The molecule has 2 N–H and O–H groups in total. The Hall–Kier alpha value is -2.19. The lowest BCUT2D eigenvalue weighted by atomic mass is 10.2. The van der Waals surface area contributed by atoms with E-state index in [2.05, 4.69) is 5.32 Å². The third-order valence-corrected chi connectivity index (χ3v) is 4.35. The van der Waals surface area contributed by atoms with Gasteiger partial charge in [0, 0.05) is 13.0 Å². The molecule has 1 aromatic rings. The summed E-state index contributed by atoms with van der Waals surface area (Å²) in [5.41, 5.74) is 0.896. The van der Waals surface area contributed by atoms with Crippen molar-refractivity contribution >= 4 is 52.2 Å². The number of amides is 2. The molecule has 120 valence electrons. The predicted octanol–water partition coefficient (Wildman–Crippen LogP) is 1.48. The summed E-state index contributed by atoms with van der Waals surface area (Å²) in [5.74, 6) is -1.79. The first kappa shape index (κ1) is 17.2. The van der Waals surface area contributed by atoms with E-state index >= 15 is 0 Å². The number of nitrogens with one attached hydrogen (secondary N) is 1. The van der Waals surface area contributed by atoms with Crippen molar-refractivity contribution in [3.8, 4) is 0 Å². The highest BCUT2D eigenvalue weighted by Crippen LogP contribution is 2.32. The molecular formula is C15H14N2O4S2. The second-order valence-corrected chi connectivity index (χ2v) is 6.34. The average molecular weight is 350 g/mol. The summed E-state index contributed by atoms with van der Waals surface area (Å²) in [7, 11) is 0. The van der Waals surface area contributed by atoms with Crippen LogP contribution >= 0.6 is 24.0 Å². The molecule has 0 unspecified atom stereocenters. The molecule has 1 heterocycles. The van der Waals surface area contributed by atoms with Crippen LogP contribution in [-0.2, 0) is 14.4 Å². The van der Waals surface area contributed by atoms with Gasteiger partial charge < -0.3 is 10.4 Å². The van der Waals surface area contributed by atoms with E-state index in [1.54, 1.807) is 6.08 Å². The van der Waals surface area contributed by atoms with E-state index in [1.807, 2.05) is 30.3 Å². The van der Waals surface area contributed by atoms with Gasteiger partial charge in [0.1, 0.15) is 10.9 Å². The van der Waals surface area contributed by atoms with Gasteiger partial charge in [-0.3, -0.25) is 19.3 Å². The number of carbonyl (C=O) groups is 3. The number of carboxylic acids is 1. The van der Waals surface area contributed by atoms with Gasteiger partial charge in [0.15, 0.2) is 0 Å². The number of hydrogen-bond donors (Lipinski definition) is 2. The molecule has 1 saturated heterocycles. The molecule has 1 aromatic carbocycles. The van der Waals surface area contributed by atoms with Gasteiger partial charge in [-0.05, 0) is 11.6 Å². The van der Waals surface area contributed by atoms with Crippen LogP contribution in [0.15, 0.2) is 35.2 Å². The minimum atomic E-state index is -1.12. The maximum Gasteiger partial charge on any atom is 0.322 e.